The van der Waals surface area contributed by atoms with Crippen molar-refractivity contribution in [2.45, 2.75) is 18.9 Å². The first-order valence-corrected chi connectivity index (χ1v) is 7.15. The molecule has 2 rings (SSSR count). The number of benzene rings is 2. The van der Waals surface area contributed by atoms with E-state index in [1.54, 1.807) is 0 Å². The molecule has 0 saturated heterocycles. The largest absolute Gasteiger partial charge is 0.407 e. The highest BCUT2D eigenvalue weighted by molar-refractivity contribution is 5.62. The summed E-state index contributed by atoms with van der Waals surface area (Å²) in [6.45, 7) is 4.62. The molecule has 0 N–H and O–H groups in total. The molecular weight excluding hydrogens is 365 g/mol. The average Bonchev–Trinajstić information content (AvgIpc) is 2.53. The summed E-state index contributed by atoms with van der Waals surface area (Å²) in [7, 11) is 0. The molecule has 26 heavy (non-hydrogen) atoms. The minimum absolute atomic E-state index is 0.0976. The quantitative estimate of drug-likeness (QED) is 0.472. The predicted molar refractivity (Wildman–Crippen MR) is 81.2 cm³/mol. The van der Waals surface area contributed by atoms with Crippen LogP contribution < -0.4 is 4.90 Å². The van der Waals surface area contributed by atoms with E-state index in [0.29, 0.717) is 11.0 Å². The first kappa shape index (κ1) is 19.6. The van der Waals surface area contributed by atoms with Gasteiger partial charge in [-0.25, -0.2) is 9.24 Å². The summed E-state index contributed by atoms with van der Waals surface area (Å²) >= 11 is 0. The van der Waals surface area contributed by atoms with Gasteiger partial charge in [-0.3, -0.25) is 0 Å². The van der Waals surface area contributed by atoms with Gasteiger partial charge < -0.3 is 4.90 Å². The number of nitrogens with zero attached hydrogens (tertiary/aromatic N) is 2. The van der Waals surface area contributed by atoms with Crippen molar-refractivity contribution in [2.75, 3.05) is 11.4 Å². The summed E-state index contributed by atoms with van der Waals surface area (Å²) in [6.07, 6.45) is -9.63. The summed E-state index contributed by atoms with van der Waals surface area (Å²) in [4.78, 5) is 3.32. The molecule has 0 aliphatic rings. The van der Waals surface area contributed by atoms with E-state index >= 15 is 0 Å². The van der Waals surface area contributed by atoms with Crippen LogP contribution in [0.15, 0.2) is 42.5 Å². The van der Waals surface area contributed by atoms with Crippen LogP contribution in [0.1, 0.15) is 11.1 Å². The fourth-order valence-corrected chi connectivity index (χ4v) is 2.33. The fourth-order valence-electron chi connectivity index (χ4n) is 2.33. The van der Waals surface area contributed by atoms with Crippen LogP contribution in [-0.2, 0) is 12.7 Å². The van der Waals surface area contributed by atoms with Crippen LogP contribution >= 0.6 is 0 Å². The van der Waals surface area contributed by atoms with Gasteiger partial charge in [-0.15, -0.1) is 0 Å². The molecule has 2 nitrogen and oxygen atoms in total. The molecule has 0 amide bonds. The van der Waals surface area contributed by atoms with E-state index in [1.807, 2.05) is 0 Å². The molecule has 9 heteroatoms. The van der Waals surface area contributed by atoms with E-state index in [4.69, 9.17) is 6.57 Å². The monoisotopic (exact) mass is 376 g/mol. The average molecular weight is 376 g/mol. The molecule has 138 valence electrons. The number of halogens is 7. The van der Waals surface area contributed by atoms with E-state index in [1.165, 1.54) is 18.2 Å². The van der Waals surface area contributed by atoms with Gasteiger partial charge in [-0.2, -0.15) is 26.3 Å². The van der Waals surface area contributed by atoms with Gasteiger partial charge in [0.15, 0.2) is 5.69 Å². The van der Waals surface area contributed by atoms with Crippen LogP contribution in [0.2, 0.25) is 0 Å². The van der Waals surface area contributed by atoms with Gasteiger partial charge in [0, 0.05) is 17.8 Å². The maximum atomic E-state index is 13.8. The topological polar surface area (TPSA) is 7.60 Å². The molecule has 0 unspecified atom stereocenters. The zero-order valence-corrected chi connectivity index (χ0v) is 13.0. The Hall–Kier alpha value is -2.76. The smallest absolute Gasteiger partial charge is 0.358 e. The van der Waals surface area contributed by atoms with Crippen LogP contribution in [0.25, 0.3) is 4.85 Å². The van der Waals surface area contributed by atoms with Gasteiger partial charge in [-0.1, -0.05) is 24.3 Å². The van der Waals surface area contributed by atoms with Gasteiger partial charge in [0.1, 0.15) is 12.4 Å². The molecule has 2 aromatic carbocycles. The number of anilines is 1. The van der Waals surface area contributed by atoms with Crippen molar-refractivity contribution >= 4 is 11.4 Å². The first-order chi connectivity index (χ1) is 12.0. The molecular formula is C17H11F7N2. The number of hydrogen-bond donors (Lipinski definition) is 0. The molecule has 0 saturated carbocycles. The lowest BCUT2D eigenvalue weighted by molar-refractivity contribution is -0.136. The third-order valence-electron chi connectivity index (χ3n) is 3.46. The highest BCUT2D eigenvalue weighted by atomic mass is 19.4. The minimum Gasteiger partial charge on any atom is -0.358 e. The third-order valence-corrected chi connectivity index (χ3v) is 3.46. The Kier molecular flexibility index (Phi) is 5.44. The van der Waals surface area contributed by atoms with Gasteiger partial charge in [-0.05, 0) is 18.2 Å². The number of alkyl halides is 6. The highest BCUT2D eigenvalue weighted by Gasteiger charge is 2.36. The van der Waals surface area contributed by atoms with Crippen molar-refractivity contribution in [3.05, 3.63) is 70.8 Å². The molecule has 0 radical (unpaired) electrons. The summed E-state index contributed by atoms with van der Waals surface area (Å²) in [5.74, 6) is -0.770. The van der Waals surface area contributed by atoms with Crippen LogP contribution in [0.5, 0.6) is 0 Å². The zero-order valence-electron chi connectivity index (χ0n) is 13.0. The second-order valence-corrected chi connectivity index (χ2v) is 5.37. The third kappa shape index (κ3) is 4.88. The Labute approximate surface area is 144 Å². The Balaban J connectivity index is 2.49. The minimum atomic E-state index is -4.90. The number of hydrogen-bond acceptors (Lipinski definition) is 1. The summed E-state index contributed by atoms with van der Waals surface area (Å²) in [5.41, 5.74) is -2.57. The molecule has 0 aliphatic heterocycles. The van der Waals surface area contributed by atoms with Crippen molar-refractivity contribution in [1.82, 2.24) is 0 Å². The Morgan fingerprint density at radius 1 is 0.962 bits per heavy atom. The van der Waals surface area contributed by atoms with Crippen molar-refractivity contribution in [2.24, 2.45) is 0 Å². The molecule has 0 spiro atoms. The van der Waals surface area contributed by atoms with Crippen LogP contribution in [0.3, 0.4) is 0 Å². The first-order valence-electron chi connectivity index (χ1n) is 7.15. The van der Waals surface area contributed by atoms with Crippen LogP contribution in [0, 0.1) is 12.4 Å². The van der Waals surface area contributed by atoms with Gasteiger partial charge in [0.25, 0.3) is 0 Å². The van der Waals surface area contributed by atoms with Gasteiger partial charge >= 0.3 is 12.4 Å². The van der Waals surface area contributed by atoms with Crippen LogP contribution in [-0.4, -0.2) is 12.7 Å². The maximum Gasteiger partial charge on any atom is 0.407 e. The van der Waals surface area contributed by atoms with Crippen molar-refractivity contribution < 1.29 is 30.7 Å². The standard InChI is InChI=1S/C17H11F7N2/c1-25-15-7-6-12(8-13(15)17(22,23)24)26(10-16(19,20)21)9-11-4-2-3-5-14(11)18/h2-8H,9-10H2. The lowest BCUT2D eigenvalue weighted by atomic mass is 10.1. The Morgan fingerprint density at radius 2 is 1.62 bits per heavy atom. The molecule has 0 atom stereocenters. The number of rotatable bonds is 4. The molecule has 2 aromatic rings. The fraction of sp³-hybridized carbons (Fsp3) is 0.235. The van der Waals surface area contributed by atoms with Gasteiger partial charge in [0.05, 0.1) is 12.1 Å². The lowest BCUT2D eigenvalue weighted by Crippen LogP contribution is -2.34. The Bertz CT molecular complexity index is 819. The maximum absolute atomic E-state index is 13.8. The summed E-state index contributed by atoms with van der Waals surface area (Å²) < 4.78 is 91.6. The van der Waals surface area contributed by atoms with E-state index in [0.717, 1.165) is 18.2 Å². The van der Waals surface area contributed by atoms with Crippen molar-refractivity contribution in [3.63, 3.8) is 0 Å². The molecule has 0 bridgehead atoms. The van der Waals surface area contributed by atoms with E-state index in [2.05, 4.69) is 4.85 Å². The second kappa shape index (κ2) is 7.23. The van der Waals surface area contributed by atoms with Gasteiger partial charge in [0.2, 0.25) is 0 Å². The Morgan fingerprint density at radius 3 is 2.15 bits per heavy atom. The molecule has 0 aromatic heterocycles. The molecule has 0 fully saturated rings. The van der Waals surface area contributed by atoms with Crippen LogP contribution in [0.4, 0.5) is 42.1 Å². The predicted octanol–water partition coefficient (Wildman–Crippen LogP) is 5.96. The molecule has 0 heterocycles. The van der Waals surface area contributed by atoms with Crippen molar-refractivity contribution in [3.8, 4) is 0 Å². The highest BCUT2D eigenvalue weighted by Crippen LogP contribution is 2.39. The van der Waals surface area contributed by atoms with E-state index in [9.17, 15) is 30.7 Å². The normalized spacial score (nSPS) is 11.9. The summed E-state index contributed by atoms with van der Waals surface area (Å²) in [6, 6.07) is 7.30. The SMILES string of the molecule is [C-]#[N+]c1ccc(N(Cc2ccccc2F)CC(F)(F)F)cc1C(F)(F)F. The molecule has 0 aliphatic carbocycles. The van der Waals surface area contributed by atoms with Crippen molar-refractivity contribution in [1.29, 1.82) is 0 Å². The summed E-state index contributed by atoms with van der Waals surface area (Å²) in [5, 5.41) is 0. The lowest BCUT2D eigenvalue weighted by Gasteiger charge is -2.27. The van der Waals surface area contributed by atoms with E-state index in [-0.39, 0.29) is 5.56 Å². The van der Waals surface area contributed by atoms with E-state index < -0.39 is 48.2 Å². The zero-order chi connectivity index (χ0) is 19.5. The second-order valence-electron chi connectivity index (χ2n) is 5.37.